The van der Waals surface area contributed by atoms with Crippen molar-refractivity contribution in [3.63, 3.8) is 0 Å². The minimum Gasteiger partial charge on any atom is -0.321 e. The summed E-state index contributed by atoms with van der Waals surface area (Å²) < 4.78 is 0. The lowest BCUT2D eigenvalue weighted by Gasteiger charge is -2.05. The molecule has 0 saturated carbocycles. The van der Waals surface area contributed by atoms with Gasteiger partial charge in [-0.2, -0.15) is 0 Å². The Hall–Kier alpha value is -2.90. The lowest BCUT2D eigenvalue weighted by Crippen LogP contribution is -2.19. The zero-order valence-electron chi connectivity index (χ0n) is 13.7. The van der Waals surface area contributed by atoms with Gasteiger partial charge in [-0.05, 0) is 37.3 Å². The van der Waals surface area contributed by atoms with Gasteiger partial charge >= 0.3 is 6.03 Å². The van der Waals surface area contributed by atoms with E-state index in [1.165, 1.54) is 0 Å². The molecule has 0 aliphatic carbocycles. The standard InChI is InChI=1S/C18H15ClN4O2S/c1-11-5-7-13(8-6-11)20-16(24)15-10-26-18(22-15)23-17(25)21-14-4-2-3-12(19)9-14/h2-10H,1H3,(H,20,24)(H2,21,22,23,25). The van der Waals surface area contributed by atoms with Crippen LogP contribution in [0.1, 0.15) is 16.1 Å². The maximum atomic E-state index is 12.2. The van der Waals surface area contributed by atoms with Gasteiger partial charge in [0.2, 0.25) is 0 Å². The molecule has 3 aromatic rings. The normalized spacial score (nSPS) is 10.2. The molecule has 0 atom stereocenters. The molecule has 1 aromatic heterocycles. The van der Waals surface area contributed by atoms with E-state index in [0.29, 0.717) is 21.5 Å². The Bertz CT molecular complexity index is 940. The van der Waals surface area contributed by atoms with E-state index in [1.807, 2.05) is 31.2 Å². The molecule has 0 aliphatic heterocycles. The average Bonchev–Trinajstić information content (AvgIpc) is 3.05. The van der Waals surface area contributed by atoms with Crippen molar-refractivity contribution in [2.24, 2.45) is 0 Å². The second kappa shape index (κ2) is 7.99. The summed E-state index contributed by atoms with van der Waals surface area (Å²) in [5, 5.41) is 10.4. The number of hydrogen-bond acceptors (Lipinski definition) is 4. The molecule has 3 amide bonds. The molecule has 0 aliphatic rings. The zero-order valence-corrected chi connectivity index (χ0v) is 15.3. The van der Waals surface area contributed by atoms with Gasteiger partial charge in [-0.1, -0.05) is 35.4 Å². The van der Waals surface area contributed by atoms with E-state index < -0.39 is 6.03 Å². The molecule has 6 nitrogen and oxygen atoms in total. The summed E-state index contributed by atoms with van der Waals surface area (Å²) in [4.78, 5) is 28.3. The highest BCUT2D eigenvalue weighted by Crippen LogP contribution is 2.19. The quantitative estimate of drug-likeness (QED) is 0.589. The van der Waals surface area contributed by atoms with Crippen molar-refractivity contribution in [1.29, 1.82) is 0 Å². The van der Waals surface area contributed by atoms with Crippen LogP contribution in [0, 0.1) is 6.92 Å². The van der Waals surface area contributed by atoms with Gasteiger partial charge in [-0.15, -0.1) is 11.3 Å². The molecular formula is C18H15ClN4O2S. The number of nitrogens with one attached hydrogen (secondary N) is 3. The van der Waals surface area contributed by atoms with Crippen molar-refractivity contribution in [2.45, 2.75) is 6.92 Å². The second-order valence-electron chi connectivity index (χ2n) is 5.45. The number of aromatic nitrogens is 1. The zero-order chi connectivity index (χ0) is 18.5. The third-order valence-corrected chi connectivity index (χ3v) is 4.34. The van der Waals surface area contributed by atoms with Gasteiger partial charge in [0.15, 0.2) is 5.13 Å². The molecule has 0 fully saturated rings. The SMILES string of the molecule is Cc1ccc(NC(=O)c2csc(NC(=O)Nc3cccc(Cl)c3)n2)cc1. The van der Waals surface area contributed by atoms with Gasteiger partial charge in [-0.25, -0.2) is 9.78 Å². The van der Waals surface area contributed by atoms with Crippen molar-refractivity contribution in [3.8, 4) is 0 Å². The van der Waals surface area contributed by atoms with Crippen molar-refractivity contribution in [1.82, 2.24) is 4.98 Å². The van der Waals surface area contributed by atoms with E-state index >= 15 is 0 Å². The van der Waals surface area contributed by atoms with Crippen molar-refractivity contribution in [2.75, 3.05) is 16.0 Å². The summed E-state index contributed by atoms with van der Waals surface area (Å²) in [6, 6.07) is 13.8. The average molecular weight is 387 g/mol. The first-order valence-corrected chi connectivity index (χ1v) is 8.92. The van der Waals surface area contributed by atoms with Gasteiger partial charge in [0.25, 0.3) is 5.91 Å². The van der Waals surface area contributed by atoms with Crippen LogP contribution in [0.4, 0.5) is 21.3 Å². The number of nitrogens with zero attached hydrogens (tertiary/aromatic N) is 1. The number of hydrogen-bond donors (Lipinski definition) is 3. The van der Waals surface area contributed by atoms with E-state index in [1.54, 1.807) is 29.6 Å². The molecule has 26 heavy (non-hydrogen) atoms. The topological polar surface area (TPSA) is 83.1 Å². The maximum absolute atomic E-state index is 12.2. The maximum Gasteiger partial charge on any atom is 0.325 e. The second-order valence-corrected chi connectivity index (χ2v) is 6.74. The van der Waals surface area contributed by atoms with Gasteiger partial charge in [0, 0.05) is 21.8 Å². The van der Waals surface area contributed by atoms with E-state index in [-0.39, 0.29) is 11.6 Å². The third-order valence-electron chi connectivity index (χ3n) is 3.35. The molecule has 0 radical (unpaired) electrons. The molecule has 0 saturated heterocycles. The van der Waals surface area contributed by atoms with Crippen LogP contribution in [0.25, 0.3) is 0 Å². The van der Waals surface area contributed by atoms with Crippen LogP contribution < -0.4 is 16.0 Å². The van der Waals surface area contributed by atoms with E-state index in [0.717, 1.165) is 16.9 Å². The monoisotopic (exact) mass is 386 g/mol. The van der Waals surface area contributed by atoms with Crippen LogP contribution in [0.3, 0.4) is 0 Å². The van der Waals surface area contributed by atoms with Gasteiger partial charge in [-0.3, -0.25) is 10.1 Å². The summed E-state index contributed by atoms with van der Waals surface area (Å²) in [5.74, 6) is -0.339. The molecule has 0 bridgehead atoms. The number of rotatable bonds is 4. The Labute approximate surface area is 159 Å². The van der Waals surface area contributed by atoms with Crippen molar-refractivity contribution >= 4 is 51.4 Å². The van der Waals surface area contributed by atoms with Crippen LogP contribution >= 0.6 is 22.9 Å². The van der Waals surface area contributed by atoms with E-state index in [2.05, 4.69) is 20.9 Å². The van der Waals surface area contributed by atoms with Crippen LogP contribution in [0.5, 0.6) is 0 Å². The Kier molecular flexibility index (Phi) is 5.50. The molecule has 3 rings (SSSR count). The first kappa shape index (κ1) is 17.9. The number of amides is 3. The number of anilines is 3. The number of urea groups is 1. The fraction of sp³-hybridized carbons (Fsp3) is 0.0556. The highest BCUT2D eigenvalue weighted by atomic mass is 35.5. The Balaban J connectivity index is 1.59. The number of carbonyl (C=O) groups is 2. The predicted octanol–water partition coefficient (Wildman–Crippen LogP) is 5.00. The fourth-order valence-corrected chi connectivity index (χ4v) is 2.97. The molecule has 1 heterocycles. The Morgan fingerprint density at radius 2 is 1.77 bits per heavy atom. The van der Waals surface area contributed by atoms with Crippen molar-refractivity contribution < 1.29 is 9.59 Å². The molecule has 0 spiro atoms. The lowest BCUT2D eigenvalue weighted by atomic mass is 10.2. The summed E-state index contributed by atoms with van der Waals surface area (Å²) >= 11 is 7.04. The molecule has 0 unspecified atom stereocenters. The minimum atomic E-state index is -0.466. The Morgan fingerprint density at radius 3 is 2.50 bits per heavy atom. The summed E-state index contributed by atoms with van der Waals surface area (Å²) in [6.45, 7) is 1.97. The summed E-state index contributed by atoms with van der Waals surface area (Å²) in [5.41, 5.74) is 2.58. The molecular weight excluding hydrogens is 372 g/mol. The third kappa shape index (κ3) is 4.81. The highest BCUT2D eigenvalue weighted by molar-refractivity contribution is 7.14. The van der Waals surface area contributed by atoms with Gasteiger partial charge < -0.3 is 10.6 Å². The number of thiazole rings is 1. The molecule has 3 N–H and O–H groups in total. The number of carbonyl (C=O) groups excluding carboxylic acids is 2. The Morgan fingerprint density at radius 1 is 1.00 bits per heavy atom. The van der Waals surface area contributed by atoms with E-state index in [9.17, 15) is 9.59 Å². The van der Waals surface area contributed by atoms with Crippen LogP contribution in [0.15, 0.2) is 53.9 Å². The van der Waals surface area contributed by atoms with Crippen LogP contribution in [-0.2, 0) is 0 Å². The largest absolute Gasteiger partial charge is 0.325 e. The predicted molar refractivity (Wildman–Crippen MR) is 105 cm³/mol. The number of halogens is 1. The van der Waals surface area contributed by atoms with E-state index in [4.69, 9.17) is 11.6 Å². The minimum absolute atomic E-state index is 0.230. The van der Waals surface area contributed by atoms with Crippen LogP contribution in [-0.4, -0.2) is 16.9 Å². The first-order valence-electron chi connectivity index (χ1n) is 7.67. The smallest absolute Gasteiger partial charge is 0.321 e. The van der Waals surface area contributed by atoms with Crippen LogP contribution in [0.2, 0.25) is 5.02 Å². The molecule has 8 heteroatoms. The van der Waals surface area contributed by atoms with Gasteiger partial charge in [0.05, 0.1) is 0 Å². The lowest BCUT2D eigenvalue weighted by molar-refractivity contribution is 0.102. The summed E-state index contributed by atoms with van der Waals surface area (Å²) in [6.07, 6.45) is 0. The fourth-order valence-electron chi connectivity index (χ4n) is 2.09. The van der Waals surface area contributed by atoms with Gasteiger partial charge in [0.1, 0.15) is 5.69 Å². The molecule has 132 valence electrons. The first-order chi connectivity index (χ1) is 12.5. The van der Waals surface area contributed by atoms with Crippen molar-refractivity contribution in [3.05, 3.63) is 70.2 Å². The summed E-state index contributed by atoms with van der Waals surface area (Å²) in [7, 11) is 0. The highest BCUT2D eigenvalue weighted by Gasteiger charge is 2.13. The number of aryl methyl sites for hydroxylation is 1. The number of benzene rings is 2. The molecule has 2 aromatic carbocycles.